The Labute approximate surface area is 272 Å². The average Bonchev–Trinajstić information content (AvgIpc) is 3.58. The Morgan fingerprint density at radius 2 is 1.67 bits per heavy atom. The maximum absolute atomic E-state index is 13.1. The number of benzene rings is 1. The highest BCUT2D eigenvalue weighted by molar-refractivity contribution is 5.88. The highest BCUT2D eigenvalue weighted by Crippen LogP contribution is 2.89. The molecule has 1 aromatic rings. The standard InChI is InChI=1S/C40H59NO4/c1-26(2)9-8-10-27(3)30-17-19-38(7)33-15-14-32-36(4,5)34(18-20-39(32)25-40(33,39)22-21-37(30,38)6)44-35(43)16-12-28-11-13-31(45-41)29(23-28)24-42/h11-13,16,23-24,26-27,30,32-34H,8-10,14-15,17-22,25,41H2,1-7H3/b16-12+. The van der Waals surface area contributed by atoms with E-state index in [1.807, 2.05) is 0 Å². The first-order valence-electron chi connectivity index (χ1n) is 18.1. The lowest BCUT2D eigenvalue weighted by molar-refractivity contribution is -0.179. The van der Waals surface area contributed by atoms with E-state index in [-0.39, 0.29) is 17.5 Å². The summed E-state index contributed by atoms with van der Waals surface area (Å²) in [6.45, 7) is 17.5. The molecule has 248 valence electrons. The van der Waals surface area contributed by atoms with E-state index in [0.29, 0.717) is 45.2 Å². The van der Waals surface area contributed by atoms with E-state index >= 15 is 0 Å². The lowest BCUT2D eigenvalue weighted by Gasteiger charge is -2.63. The molecular weight excluding hydrogens is 558 g/mol. The third kappa shape index (κ3) is 4.95. The predicted molar refractivity (Wildman–Crippen MR) is 180 cm³/mol. The second-order valence-electron chi connectivity index (χ2n) is 17.6. The monoisotopic (exact) mass is 617 g/mol. The van der Waals surface area contributed by atoms with Crippen molar-refractivity contribution in [1.82, 2.24) is 0 Å². The van der Waals surface area contributed by atoms with Crippen molar-refractivity contribution in [3.63, 3.8) is 0 Å². The molecule has 0 heterocycles. The summed E-state index contributed by atoms with van der Waals surface area (Å²) in [6.07, 6.45) is 19.8. The van der Waals surface area contributed by atoms with Gasteiger partial charge in [-0.15, -0.1) is 0 Å². The van der Waals surface area contributed by atoms with Crippen LogP contribution in [-0.4, -0.2) is 18.4 Å². The average molecular weight is 618 g/mol. The van der Waals surface area contributed by atoms with E-state index in [0.717, 1.165) is 35.7 Å². The van der Waals surface area contributed by atoms with Crippen LogP contribution in [0.25, 0.3) is 6.08 Å². The number of fused-ring (bicyclic) bond motifs is 2. The number of hydrogen-bond donors (Lipinski definition) is 1. The SMILES string of the molecule is CC(C)CCCC(C)C1CCC2(C)C3CCC4C(C)(C)C(OC(=O)/C=C/c5ccc(ON)c(C=O)c5)CCC45CC35CCC12C. The minimum atomic E-state index is -0.310. The zero-order valence-electron chi connectivity index (χ0n) is 29.1. The van der Waals surface area contributed by atoms with Crippen LogP contribution in [0.1, 0.15) is 141 Å². The molecule has 0 aromatic heterocycles. The molecule has 2 N–H and O–H groups in total. The molecular formula is C40H59NO4. The first kappa shape index (κ1) is 32.8. The maximum Gasteiger partial charge on any atom is 0.331 e. The van der Waals surface area contributed by atoms with Crippen molar-refractivity contribution in [1.29, 1.82) is 0 Å². The van der Waals surface area contributed by atoms with Gasteiger partial charge < -0.3 is 9.57 Å². The molecule has 9 unspecified atom stereocenters. The van der Waals surface area contributed by atoms with Crippen LogP contribution in [0, 0.1) is 56.7 Å². The largest absolute Gasteiger partial charge is 0.459 e. The van der Waals surface area contributed by atoms with Gasteiger partial charge in [0.1, 0.15) is 6.10 Å². The third-order valence-electron chi connectivity index (χ3n) is 15.2. The topological polar surface area (TPSA) is 78.6 Å². The number of nitrogens with two attached hydrogens (primary N) is 1. The summed E-state index contributed by atoms with van der Waals surface area (Å²) in [5.41, 5.74) is 2.88. The molecule has 1 aromatic carbocycles. The first-order valence-corrected chi connectivity index (χ1v) is 18.1. The summed E-state index contributed by atoms with van der Waals surface area (Å²) < 4.78 is 6.23. The molecule has 0 aliphatic heterocycles. The molecule has 0 saturated heterocycles. The normalized spacial score (nSPS) is 40.2. The quantitative estimate of drug-likeness (QED) is 0.122. The summed E-state index contributed by atoms with van der Waals surface area (Å²) in [5.74, 6) is 9.21. The van der Waals surface area contributed by atoms with Crippen LogP contribution in [-0.2, 0) is 9.53 Å². The molecule has 5 fully saturated rings. The molecule has 0 bridgehead atoms. The van der Waals surface area contributed by atoms with Crippen molar-refractivity contribution >= 4 is 18.3 Å². The number of esters is 1. The minimum absolute atomic E-state index is 0.0498. The molecule has 5 nitrogen and oxygen atoms in total. The molecule has 6 rings (SSSR count). The van der Waals surface area contributed by atoms with E-state index in [2.05, 4.69) is 48.5 Å². The van der Waals surface area contributed by atoms with Gasteiger partial charge in [0, 0.05) is 11.5 Å². The van der Waals surface area contributed by atoms with Crippen LogP contribution in [0.2, 0.25) is 0 Å². The summed E-state index contributed by atoms with van der Waals surface area (Å²) in [4.78, 5) is 29.2. The van der Waals surface area contributed by atoms with E-state index in [1.54, 1.807) is 24.3 Å². The molecule has 5 heteroatoms. The molecule has 9 atom stereocenters. The van der Waals surface area contributed by atoms with Crippen LogP contribution in [0.4, 0.5) is 0 Å². The first-order chi connectivity index (χ1) is 21.3. The number of ether oxygens (including phenoxy) is 1. The van der Waals surface area contributed by atoms with Gasteiger partial charge in [0.15, 0.2) is 12.0 Å². The lowest BCUT2D eigenvalue weighted by Crippen LogP contribution is -2.58. The second-order valence-corrected chi connectivity index (χ2v) is 17.6. The fourth-order valence-electron chi connectivity index (χ4n) is 12.8. The van der Waals surface area contributed by atoms with Crippen molar-refractivity contribution in [3.8, 4) is 5.75 Å². The number of carbonyl (C=O) groups excluding carboxylic acids is 2. The van der Waals surface area contributed by atoms with Gasteiger partial charge in [-0.3, -0.25) is 4.79 Å². The van der Waals surface area contributed by atoms with Gasteiger partial charge in [-0.25, -0.2) is 4.79 Å². The van der Waals surface area contributed by atoms with Crippen LogP contribution in [0.15, 0.2) is 24.3 Å². The van der Waals surface area contributed by atoms with E-state index in [9.17, 15) is 9.59 Å². The van der Waals surface area contributed by atoms with E-state index in [1.165, 1.54) is 76.7 Å². The molecule has 2 spiro atoms. The number of rotatable bonds is 10. The number of carbonyl (C=O) groups is 2. The highest BCUT2D eigenvalue weighted by Gasteiger charge is 2.82. The van der Waals surface area contributed by atoms with Crippen molar-refractivity contribution in [2.24, 2.45) is 62.6 Å². The molecule has 5 saturated carbocycles. The molecule has 45 heavy (non-hydrogen) atoms. The van der Waals surface area contributed by atoms with Gasteiger partial charge in [0.05, 0.1) is 5.56 Å². The predicted octanol–water partition coefficient (Wildman–Crippen LogP) is 9.58. The Hall–Kier alpha value is -2.14. The lowest BCUT2D eigenvalue weighted by atomic mass is 9.41. The highest BCUT2D eigenvalue weighted by atomic mass is 16.6. The molecule has 5 aliphatic rings. The third-order valence-corrected chi connectivity index (χ3v) is 15.2. The van der Waals surface area contributed by atoms with Crippen molar-refractivity contribution in [2.75, 3.05) is 0 Å². The fraction of sp³-hybridized carbons (Fsp3) is 0.750. The number of hydrogen-bond acceptors (Lipinski definition) is 5. The Balaban J connectivity index is 1.14. The molecule has 5 aliphatic carbocycles. The zero-order valence-corrected chi connectivity index (χ0v) is 29.1. The van der Waals surface area contributed by atoms with Crippen LogP contribution in [0.5, 0.6) is 5.75 Å². The Kier molecular flexibility index (Phi) is 8.40. The van der Waals surface area contributed by atoms with Crippen molar-refractivity contribution in [3.05, 3.63) is 35.4 Å². The summed E-state index contributed by atoms with van der Waals surface area (Å²) in [5, 5.41) is 0. The van der Waals surface area contributed by atoms with Gasteiger partial charge >= 0.3 is 5.97 Å². The van der Waals surface area contributed by atoms with Crippen molar-refractivity contribution < 1.29 is 19.2 Å². The van der Waals surface area contributed by atoms with Crippen LogP contribution >= 0.6 is 0 Å². The second kappa shape index (κ2) is 11.5. The van der Waals surface area contributed by atoms with Gasteiger partial charge in [-0.05, 0) is 133 Å². The fourth-order valence-corrected chi connectivity index (χ4v) is 12.8. The van der Waals surface area contributed by atoms with Gasteiger partial charge in [-0.1, -0.05) is 73.8 Å². The minimum Gasteiger partial charge on any atom is -0.459 e. The van der Waals surface area contributed by atoms with Crippen molar-refractivity contribution in [2.45, 2.75) is 132 Å². The van der Waals surface area contributed by atoms with E-state index < -0.39 is 0 Å². The Morgan fingerprint density at radius 1 is 0.933 bits per heavy atom. The summed E-state index contributed by atoms with van der Waals surface area (Å²) in [7, 11) is 0. The number of aldehydes is 1. The van der Waals surface area contributed by atoms with Crippen LogP contribution in [0.3, 0.4) is 0 Å². The van der Waals surface area contributed by atoms with Gasteiger partial charge in [0.2, 0.25) is 0 Å². The van der Waals surface area contributed by atoms with E-state index in [4.69, 9.17) is 15.5 Å². The Morgan fingerprint density at radius 3 is 2.38 bits per heavy atom. The smallest absolute Gasteiger partial charge is 0.331 e. The zero-order chi connectivity index (χ0) is 32.4. The summed E-state index contributed by atoms with van der Waals surface area (Å²) >= 11 is 0. The Bertz CT molecular complexity index is 1330. The maximum atomic E-state index is 13.1. The van der Waals surface area contributed by atoms with Crippen LogP contribution < -0.4 is 10.7 Å². The van der Waals surface area contributed by atoms with Gasteiger partial charge in [-0.2, -0.15) is 5.90 Å². The summed E-state index contributed by atoms with van der Waals surface area (Å²) in [6, 6.07) is 5.07. The van der Waals surface area contributed by atoms with Gasteiger partial charge in [0.25, 0.3) is 0 Å². The molecule has 0 radical (unpaired) electrons. The molecule has 0 amide bonds.